The summed E-state index contributed by atoms with van der Waals surface area (Å²) < 4.78 is 1.20. The van der Waals surface area contributed by atoms with Gasteiger partial charge in [-0.2, -0.15) is 0 Å². The van der Waals surface area contributed by atoms with E-state index in [1.54, 1.807) is 23.5 Å². The topological polar surface area (TPSA) is 34.1 Å². The number of hydrogen-bond donors (Lipinski definition) is 0. The Morgan fingerprint density at radius 3 is 2.29 bits per heavy atom. The lowest BCUT2D eigenvalue weighted by molar-refractivity contribution is -0.119. The lowest BCUT2D eigenvalue weighted by Crippen LogP contribution is -2.27. The van der Waals surface area contributed by atoms with E-state index in [1.807, 2.05) is 0 Å². The maximum Gasteiger partial charge on any atom is 0.161 e. The molecular formula is C13H16O2S2. The van der Waals surface area contributed by atoms with Crippen LogP contribution in [0.1, 0.15) is 33.1 Å². The van der Waals surface area contributed by atoms with Crippen LogP contribution in [-0.4, -0.2) is 23.1 Å². The molecule has 0 radical (unpaired) electrons. The van der Waals surface area contributed by atoms with Gasteiger partial charge < -0.3 is 0 Å². The molecule has 1 heterocycles. The Morgan fingerprint density at radius 1 is 1.00 bits per heavy atom. The number of hydrogen-bond acceptors (Lipinski definition) is 4. The number of allylic oxidation sites excluding steroid dienone is 1. The van der Waals surface area contributed by atoms with E-state index in [2.05, 4.69) is 13.8 Å². The fourth-order valence-electron chi connectivity index (χ4n) is 3.49. The summed E-state index contributed by atoms with van der Waals surface area (Å²) in [6.07, 6.45) is 1.71. The van der Waals surface area contributed by atoms with Gasteiger partial charge in [-0.05, 0) is 5.41 Å². The molecule has 0 amide bonds. The van der Waals surface area contributed by atoms with E-state index in [4.69, 9.17) is 0 Å². The van der Waals surface area contributed by atoms with Crippen LogP contribution in [0.3, 0.4) is 0 Å². The first-order chi connectivity index (χ1) is 7.96. The number of Topliss-reactive ketones (excluding diaryl/α,β-unsaturated/α-hetero) is 2. The summed E-state index contributed by atoms with van der Waals surface area (Å²) in [6, 6.07) is 0. The first-order valence-electron chi connectivity index (χ1n) is 6.02. The Bertz CT molecular complexity index is 446. The van der Waals surface area contributed by atoms with Gasteiger partial charge in [0.25, 0.3) is 0 Å². The Balaban J connectivity index is 2.13. The Labute approximate surface area is 110 Å². The van der Waals surface area contributed by atoms with Crippen molar-refractivity contribution >= 4 is 35.1 Å². The highest BCUT2D eigenvalue weighted by molar-refractivity contribution is 8.25. The summed E-state index contributed by atoms with van der Waals surface area (Å²) in [7, 11) is 0. The monoisotopic (exact) mass is 268 g/mol. The summed E-state index contributed by atoms with van der Waals surface area (Å²) in [5.41, 5.74) is 0.673. The van der Waals surface area contributed by atoms with Gasteiger partial charge >= 0.3 is 0 Å². The summed E-state index contributed by atoms with van der Waals surface area (Å²) >= 11 is 3.60. The highest BCUT2D eigenvalue weighted by Crippen LogP contribution is 2.65. The van der Waals surface area contributed by atoms with E-state index in [0.717, 1.165) is 17.1 Å². The van der Waals surface area contributed by atoms with E-state index in [0.29, 0.717) is 30.8 Å². The fourth-order valence-corrected chi connectivity index (χ4v) is 6.33. The second-order valence-electron chi connectivity index (χ2n) is 5.74. The van der Waals surface area contributed by atoms with Crippen molar-refractivity contribution in [1.82, 2.24) is 0 Å². The Kier molecular flexibility index (Phi) is 2.54. The predicted molar refractivity (Wildman–Crippen MR) is 72.0 cm³/mol. The third kappa shape index (κ3) is 1.49. The quantitative estimate of drug-likeness (QED) is 0.632. The lowest BCUT2D eigenvalue weighted by Gasteiger charge is -2.33. The van der Waals surface area contributed by atoms with Crippen LogP contribution in [0, 0.1) is 10.8 Å². The maximum absolute atomic E-state index is 12.3. The van der Waals surface area contributed by atoms with E-state index >= 15 is 0 Å². The number of rotatable bonds is 0. The molecule has 0 N–H and O–H groups in total. The van der Waals surface area contributed by atoms with Crippen LogP contribution in [0.4, 0.5) is 0 Å². The fraction of sp³-hybridized carbons (Fsp3) is 0.692. The van der Waals surface area contributed by atoms with Crippen LogP contribution in [0.2, 0.25) is 0 Å². The van der Waals surface area contributed by atoms with Gasteiger partial charge in [0.1, 0.15) is 5.78 Å². The third-order valence-corrected chi connectivity index (χ3v) is 7.32. The van der Waals surface area contributed by atoms with Crippen molar-refractivity contribution in [2.45, 2.75) is 33.1 Å². The molecule has 3 rings (SSSR count). The zero-order chi connectivity index (χ0) is 12.3. The molecule has 2 saturated carbocycles. The van der Waals surface area contributed by atoms with Crippen LogP contribution in [0.25, 0.3) is 0 Å². The van der Waals surface area contributed by atoms with Crippen LogP contribution in [0.15, 0.2) is 9.81 Å². The summed E-state index contributed by atoms with van der Waals surface area (Å²) in [6.45, 7) is 4.25. The molecule has 0 aromatic rings. The molecule has 2 aliphatic carbocycles. The van der Waals surface area contributed by atoms with Crippen molar-refractivity contribution in [1.29, 1.82) is 0 Å². The van der Waals surface area contributed by atoms with E-state index in [-0.39, 0.29) is 10.8 Å². The van der Waals surface area contributed by atoms with Crippen LogP contribution < -0.4 is 0 Å². The number of ketones is 2. The van der Waals surface area contributed by atoms with Crippen LogP contribution in [-0.2, 0) is 9.59 Å². The highest BCUT2D eigenvalue weighted by atomic mass is 32.2. The largest absolute Gasteiger partial charge is 0.300 e. The van der Waals surface area contributed by atoms with Crippen molar-refractivity contribution in [3.63, 3.8) is 0 Å². The molecule has 3 aliphatic rings. The van der Waals surface area contributed by atoms with Gasteiger partial charge in [-0.15, -0.1) is 23.5 Å². The average Bonchev–Trinajstić information content (AvgIpc) is 2.78. The molecule has 0 unspecified atom stereocenters. The molecule has 17 heavy (non-hydrogen) atoms. The zero-order valence-electron chi connectivity index (χ0n) is 10.2. The van der Waals surface area contributed by atoms with Crippen LogP contribution >= 0.6 is 23.5 Å². The predicted octanol–water partition coefficient (Wildman–Crippen LogP) is 3.03. The molecule has 0 spiro atoms. The van der Waals surface area contributed by atoms with Crippen molar-refractivity contribution in [2.24, 2.45) is 10.8 Å². The minimum absolute atomic E-state index is 0.118. The normalized spacial score (nSPS) is 41.5. The Hall–Kier alpha value is -0.220. The average molecular weight is 268 g/mol. The number of fused-ring (bicyclic) bond motifs is 1. The minimum Gasteiger partial charge on any atom is -0.300 e. The molecule has 92 valence electrons. The standard InChI is InChI=1S/C13H16O2S2/c1-12-5-8(14)6-13(12,2)10(9(15)7-12)11-16-3-4-17-11/h3-7H2,1-2H3/t12-,13+/m0/s1. The molecule has 4 heteroatoms. The molecule has 0 aromatic carbocycles. The van der Waals surface area contributed by atoms with Gasteiger partial charge in [0, 0.05) is 46.0 Å². The summed E-state index contributed by atoms with van der Waals surface area (Å²) in [5.74, 6) is 2.81. The van der Waals surface area contributed by atoms with Gasteiger partial charge in [-0.3, -0.25) is 9.59 Å². The van der Waals surface area contributed by atoms with Crippen molar-refractivity contribution in [3.05, 3.63) is 9.81 Å². The molecule has 3 fully saturated rings. The zero-order valence-corrected chi connectivity index (χ0v) is 11.8. The minimum atomic E-state index is -0.194. The van der Waals surface area contributed by atoms with Crippen molar-refractivity contribution in [2.75, 3.05) is 11.5 Å². The smallest absolute Gasteiger partial charge is 0.161 e. The second kappa shape index (κ2) is 3.64. The van der Waals surface area contributed by atoms with Gasteiger partial charge in [-0.25, -0.2) is 0 Å². The van der Waals surface area contributed by atoms with Gasteiger partial charge in [-0.1, -0.05) is 13.8 Å². The Morgan fingerprint density at radius 2 is 1.65 bits per heavy atom. The molecular weight excluding hydrogens is 252 g/mol. The number of carbonyl (C=O) groups excluding carboxylic acids is 2. The molecule has 0 bridgehead atoms. The SMILES string of the molecule is C[C@@]12CC(=O)C[C@]1(C)C(=C1SCCS1)C(=O)C2. The molecule has 1 aliphatic heterocycles. The number of thioether (sulfide) groups is 2. The van der Waals surface area contributed by atoms with E-state index < -0.39 is 0 Å². The van der Waals surface area contributed by atoms with Gasteiger partial charge in [0.05, 0.1) is 0 Å². The lowest BCUT2D eigenvalue weighted by atomic mass is 9.69. The number of carbonyl (C=O) groups is 2. The van der Waals surface area contributed by atoms with Crippen LogP contribution in [0.5, 0.6) is 0 Å². The molecule has 2 nitrogen and oxygen atoms in total. The van der Waals surface area contributed by atoms with Crippen molar-refractivity contribution in [3.8, 4) is 0 Å². The van der Waals surface area contributed by atoms with Crippen molar-refractivity contribution < 1.29 is 9.59 Å². The molecule has 1 saturated heterocycles. The second-order valence-corrected chi connectivity index (χ2v) is 8.21. The molecule has 2 atom stereocenters. The maximum atomic E-state index is 12.3. The van der Waals surface area contributed by atoms with Gasteiger partial charge in [0.2, 0.25) is 0 Å². The third-order valence-electron chi connectivity index (χ3n) is 4.61. The first-order valence-corrected chi connectivity index (χ1v) is 7.99. The van der Waals surface area contributed by atoms with E-state index in [9.17, 15) is 9.59 Å². The highest BCUT2D eigenvalue weighted by Gasteiger charge is 2.62. The van der Waals surface area contributed by atoms with Gasteiger partial charge in [0.15, 0.2) is 5.78 Å². The summed E-state index contributed by atoms with van der Waals surface area (Å²) in [5, 5.41) is 0. The summed E-state index contributed by atoms with van der Waals surface area (Å²) in [4.78, 5) is 24.1. The first kappa shape index (κ1) is 11.8. The molecule has 0 aromatic heterocycles. The van der Waals surface area contributed by atoms with E-state index in [1.165, 1.54) is 4.24 Å².